The Hall–Kier alpha value is -1.90. The first-order valence-corrected chi connectivity index (χ1v) is 5.77. The van der Waals surface area contributed by atoms with E-state index in [9.17, 15) is 14.4 Å². The molecule has 98 valence electrons. The Morgan fingerprint density at radius 2 is 2.00 bits per heavy atom. The number of piperazine rings is 1. The quantitative estimate of drug-likeness (QED) is 0.702. The van der Waals surface area contributed by atoms with Crippen LogP contribution in [0.5, 0.6) is 0 Å². The van der Waals surface area contributed by atoms with E-state index in [1.807, 2.05) is 6.07 Å². The van der Waals surface area contributed by atoms with Crippen LogP contribution in [0, 0.1) is 23.2 Å². The molecule has 1 atom stereocenters. The lowest BCUT2D eigenvalue weighted by Gasteiger charge is -2.41. The van der Waals surface area contributed by atoms with Gasteiger partial charge < -0.3 is 4.90 Å². The van der Waals surface area contributed by atoms with E-state index in [1.165, 1.54) is 4.90 Å². The molecule has 1 heterocycles. The Balaban J connectivity index is 3.06. The van der Waals surface area contributed by atoms with E-state index in [-0.39, 0.29) is 12.5 Å². The zero-order valence-corrected chi connectivity index (χ0v) is 11.0. The standard InChI is InChI=1S/C12H17N3O3/c1-7(2)8(5-13)10(17)15-6-9(16)14-11(18)12(15,3)4/h7-8H,6H2,1-4H3,(H,14,16,18). The summed E-state index contributed by atoms with van der Waals surface area (Å²) < 4.78 is 0. The fourth-order valence-corrected chi connectivity index (χ4v) is 1.79. The van der Waals surface area contributed by atoms with Gasteiger partial charge in [-0.3, -0.25) is 19.7 Å². The summed E-state index contributed by atoms with van der Waals surface area (Å²) >= 11 is 0. The predicted molar refractivity (Wildman–Crippen MR) is 62.9 cm³/mol. The van der Waals surface area contributed by atoms with Crippen LogP contribution >= 0.6 is 0 Å². The number of rotatable bonds is 2. The van der Waals surface area contributed by atoms with E-state index < -0.39 is 29.2 Å². The van der Waals surface area contributed by atoms with Gasteiger partial charge in [-0.2, -0.15) is 5.26 Å². The molecule has 0 aromatic heterocycles. The van der Waals surface area contributed by atoms with E-state index >= 15 is 0 Å². The summed E-state index contributed by atoms with van der Waals surface area (Å²) in [6.45, 7) is 6.43. The summed E-state index contributed by atoms with van der Waals surface area (Å²) in [5, 5.41) is 11.2. The molecule has 1 unspecified atom stereocenters. The van der Waals surface area contributed by atoms with Crippen LogP contribution in [-0.4, -0.2) is 34.7 Å². The van der Waals surface area contributed by atoms with Crippen molar-refractivity contribution in [3.8, 4) is 6.07 Å². The first kappa shape index (κ1) is 14.2. The van der Waals surface area contributed by atoms with Gasteiger partial charge in [0.05, 0.1) is 6.07 Å². The minimum absolute atomic E-state index is 0.168. The van der Waals surface area contributed by atoms with E-state index in [2.05, 4.69) is 5.32 Å². The molecule has 1 saturated heterocycles. The summed E-state index contributed by atoms with van der Waals surface area (Å²) in [5.41, 5.74) is -1.12. The van der Waals surface area contributed by atoms with Crippen LogP contribution in [0.25, 0.3) is 0 Å². The Bertz CT molecular complexity index is 434. The summed E-state index contributed by atoms with van der Waals surface area (Å²) in [5.74, 6) is -2.53. The molecule has 6 heteroatoms. The lowest BCUT2D eigenvalue weighted by Crippen LogP contribution is -2.66. The largest absolute Gasteiger partial charge is 0.318 e. The number of carbonyl (C=O) groups is 3. The molecule has 0 aliphatic carbocycles. The van der Waals surface area contributed by atoms with Crippen molar-refractivity contribution in [3.05, 3.63) is 0 Å². The van der Waals surface area contributed by atoms with Crippen molar-refractivity contribution < 1.29 is 14.4 Å². The molecule has 1 N–H and O–H groups in total. The molecule has 1 rings (SSSR count). The van der Waals surface area contributed by atoms with E-state index in [0.717, 1.165) is 0 Å². The van der Waals surface area contributed by atoms with E-state index in [1.54, 1.807) is 27.7 Å². The maximum Gasteiger partial charge on any atom is 0.252 e. The van der Waals surface area contributed by atoms with Crippen LogP contribution in [0.1, 0.15) is 27.7 Å². The van der Waals surface area contributed by atoms with Crippen LogP contribution in [0.4, 0.5) is 0 Å². The minimum atomic E-state index is -1.12. The third-order valence-electron chi connectivity index (χ3n) is 3.12. The molecule has 1 aliphatic heterocycles. The third kappa shape index (κ3) is 2.35. The first-order chi connectivity index (χ1) is 8.21. The van der Waals surface area contributed by atoms with Crippen molar-refractivity contribution >= 4 is 17.7 Å². The number of nitrogens with zero attached hydrogens (tertiary/aromatic N) is 2. The third-order valence-corrected chi connectivity index (χ3v) is 3.12. The van der Waals surface area contributed by atoms with Crippen LogP contribution in [0.15, 0.2) is 0 Å². The van der Waals surface area contributed by atoms with Gasteiger partial charge in [-0.25, -0.2) is 0 Å². The maximum absolute atomic E-state index is 12.2. The van der Waals surface area contributed by atoms with Gasteiger partial charge in [0, 0.05) is 0 Å². The Kier molecular flexibility index (Phi) is 3.75. The van der Waals surface area contributed by atoms with Gasteiger partial charge in [0.15, 0.2) is 0 Å². The van der Waals surface area contributed by atoms with E-state index in [0.29, 0.717) is 0 Å². The van der Waals surface area contributed by atoms with Gasteiger partial charge in [-0.15, -0.1) is 0 Å². The highest BCUT2D eigenvalue weighted by Crippen LogP contribution is 2.23. The molecule has 0 radical (unpaired) electrons. The molecule has 0 saturated carbocycles. The monoisotopic (exact) mass is 251 g/mol. The van der Waals surface area contributed by atoms with Gasteiger partial charge in [0.25, 0.3) is 5.91 Å². The summed E-state index contributed by atoms with van der Waals surface area (Å²) in [7, 11) is 0. The van der Waals surface area contributed by atoms with Gasteiger partial charge in [0.2, 0.25) is 11.8 Å². The fraction of sp³-hybridized carbons (Fsp3) is 0.667. The summed E-state index contributed by atoms with van der Waals surface area (Å²) in [6.07, 6.45) is 0. The van der Waals surface area contributed by atoms with Crippen LogP contribution in [-0.2, 0) is 14.4 Å². The number of hydrogen-bond donors (Lipinski definition) is 1. The zero-order valence-electron chi connectivity index (χ0n) is 11.0. The molecular formula is C12H17N3O3. The average molecular weight is 251 g/mol. The van der Waals surface area contributed by atoms with Crippen molar-refractivity contribution in [2.24, 2.45) is 11.8 Å². The SMILES string of the molecule is CC(C)C(C#N)C(=O)N1CC(=O)NC(=O)C1(C)C. The molecule has 18 heavy (non-hydrogen) atoms. The number of hydrogen-bond acceptors (Lipinski definition) is 4. The van der Waals surface area contributed by atoms with Crippen molar-refractivity contribution in [2.75, 3.05) is 6.54 Å². The molecule has 0 aromatic rings. The highest BCUT2D eigenvalue weighted by Gasteiger charge is 2.45. The van der Waals surface area contributed by atoms with Crippen LogP contribution in [0.3, 0.4) is 0 Å². The first-order valence-electron chi connectivity index (χ1n) is 5.77. The molecule has 0 spiro atoms. The fourth-order valence-electron chi connectivity index (χ4n) is 1.79. The Morgan fingerprint density at radius 1 is 1.44 bits per heavy atom. The zero-order chi connectivity index (χ0) is 14.1. The maximum atomic E-state index is 12.2. The second-order valence-electron chi connectivity index (χ2n) is 5.21. The van der Waals surface area contributed by atoms with Gasteiger partial charge in [-0.1, -0.05) is 13.8 Å². The van der Waals surface area contributed by atoms with Gasteiger partial charge in [0.1, 0.15) is 18.0 Å². The Morgan fingerprint density at radius 3 is 2.44 bits per heavy atom. The lowest BCUT2D eigenvalue weighted by molar-refractivity contribution is -0.157. The number of nitrogens with one attached hydrogen (secondary N) is 1. The summed E-state index contributed by atoms with van der Waals surface area (Å²) in [4.78, 5) is 36.5. The van der Waals surface area contributed by atoms with Gasteiger partial charge >= 0.3 is 0 Å². The highest BCUT2D eigenvalue weighted by molar-refractivity contribution is 6.06. The highest BCUT2D eigenvalue weighted by atomic mass is 16.2. The van der Waals surface area contributed by atoms with E-state index in [4.69, 9.17) is 5.26 Å². The van der Waals surface area contributed by atoms with Crippen LogP contribution < -0.4 is 5.32 Å². The van der Waals surface area contributed by atoms with Crippen molar-refractivity contribution in [1.29, 1.82) is 5.26 Å². The van der Waals surface area contributed by atoms with Gasteiger partial charge in [-0.05, 0) is 19.8 Å². The molecule has 1 aliphatic rings. The van der Waals surface area contributed by atoms with Crippen molar-refractivity contribution in [1.82, 2.24) is 10.2 Å². The minimum Gasteiger partial charge on any atom is -0.318 e. The molecule has 0 aromatic carbocycles. The summed E-state index contributed by atoms with van der Waals surface area (Å²) in [6, 6.07) is 1.93. The Labute approximate surface area is 106 Å². The predicted octanol–water partition coefficient (Wildman–Crippen LogP) is 0.0458. The van der Waals surface area contributed by atoms with Crippen molar-refractivity contribution in [2.45, 2.75) is 33.2 Å². The lowest BCUT2D eigenvalue weighted by atomic mass is 9.91. The average Bonchev–Trinajstić information content (AvgIpc) is 2.24. The molecule has 0 bridgehead atoms. The smallest absolute Gasteiger partial charge is 0.252 e. The number of carbonyl (C=O) groups excluding carboxylic acids is 3. The molecular weight excluding hydrogens is 234 g/mol. The number of nitriles is 1. The second-order valence-corrected chi connectivity index (χ2v) is 5.21. The topological polar surface area (TPSA) is 90.3 Å². The number of imide groups is 1. The normalized spacial score (nSPS) is 20.3. The molecule has 3 amide bonds. The number of amides is 3. The van der Waals surface area contributed by atoms with Crippen LogP contribution in [0.2, 0.25) is 0 Å². The second kappa shape index (κ2) is 4.77. The molecule has 6 nitrogen and oxygen atoms in total. The van der Waals surface area contributed by atoms with Crippen molar-refractivity contribution in [3.63, 3.8) is 0 Å². The molecule has 1 fully saturated rings.